The van der Waals surface area contributed by atoms with Gasteiger partial charge in [-0.3, -0.25) is 0 Å². The van der Waals surface area contributed by atoms with Gasteiger partial charge >= 0.3 is 0 Å². The van der Waals surface area contributed by atoms with Crippen LogP contribution in [0, 0.1) is 18.3 Å². The van der Waals surface area contributed by atoms with Gasteiger partial charge in [0, 0.05) is 5.92 Å². The van der Waals surface area contributed by atoms with Gasteiger partial charge in [0.2, 0.25) is 0 Å². The largest absolute Gasteiger partial charge is 0.0912 e. The van der Waals surface area contributed by atoms with Gasteiger partial charge < -0.3 is 0 Å². The number of hydrogen-bond acceptors (Lipinski definition) is 0. The molecule has 194 valence electrons. The van der Waals surface area contributed by atoms with E-state index in [0.29, 0.717) is 11.8 Å². The molecule has 0 amide bonds. The Kier molecular flexibility index (Phi) is 7.44. The summed E-state index contributed by atoms with van der Waals surface area (Å²) >= 11 is 0. The molecular weight excluding hydrogens is 456 g/mol. The Labute approximate surface area is 230 Å². The molecule has 0 nitrogen and oxygen atoms in total. The molecule has 2 atom stereocenters. The highest BCUT2D eigenvalue weighted by molar-refractivity contribution is 5.83. The quantitative estimate of drug-likeness (QED) is 0.369. The first kappa shape index (κ1) is 26.2. The van der Waals surface area contributed by atoms with Gasteiger partial charge in [0.15, 0.2) is 0 Å². The summed E-state index contributed by atoms with van der Waals surface area (Å²) in [6.45, 7) is 16.2. The topological polar surface area (TPSA) is 0 Å². The van der Waals surface area contributed by atoms with Gasteiger partial charge in [-0.05, 0) is 101 Å². The SMILES string of the molecule is C=C1/C=C\C/C=C\CC(C)(C)C2=CC(C)C(c3cccc(-c4cccc(C5=C(C)CCC=C5)c4C)c3)C=C12. The van der Waals surface area contributed by atoms with Crippen LogP contribution in [-0.2, 0) is 0 Å². The summed E-state index contributed by atoms with van der Waals surface area (Å²) in [6.07, 6.45) is 23.0. The van der Waals surface area contributed by atoms with E-state index in [1.807, 2.05) is 0 Å². The molecule has 0 aliphatic heterocycles. The number of benzene rings is 2. The van der Waals surface area contributed by atoms with Crippen molar-refractivity contribution >= 4 is 5.57 Å². The van der Waals surface area contributed by atoms with Gasteiger partial charge in [0.1, 0.15) is 0 Å². The summed E-state index contributed by atoms with van der Waals surface area (Å²) in [4.78, 5) is 0. The second kappa shape index (κ2) is 10.8. The minimum absolute atomic E-state index is 0.0788. The predicted octanol–water partition coefficient (Wildman–Crippen LogP) is 10.9. The van der Waals surface area contributed by atoms with E-state index in [-0.39, 0.29) is 5.41 Å². The molecule has 0 heteroatoms. The molecule has 0 saturated carbocycles. The Morgan fingerprint density at radius 2 is 1.66 bits per heavy atom. The first-order valence-corrected chi connectivity index (χ1v) is 14.3. The maximum atomic E-state index is 4.50. The van der Waals surface area contributed by atoms with Crippen LogP contribution < -0.4 is 0 Å². The Morgan fingerprint density at radius 3 is 2.47 bits per heavy atom. The van der Waals surface area contributed by atoms with E-state index in [0.717, 1.165) is 31.3 Å². The molecule has 2 unspecified atom stereocenters. The summed E-state index contributed by atoms with van der Waals surface area (Å²) in [5.74, 6) is 0.738. The highest BCUT2D eigenvalue weighted by atomic mass is 14.4. The van der Waals surface area contributed by atoms with E-state index in [9.17, 15) is 0 Å². The van der Waals surface area contributed by atoms with E-state index in [2.05, 4.69) is 132 Å². The monoisotopic (exact) mass is 498 g/mol. The minimum atomic E-state index is 0.0788. The van der Waals surface area contributed by atoms with Gasteiger partial charge in [0.25, 0.3) is 0 Å². The van der Waals surface area contributed by atoms with E-state index in [4.69, 9.17) is 0 Å². The highest BCUT2D eigenvalue weighted by Gasteiger charge is 2.32. The third-order valence-corrected chi connectivity index (χ3v) is 8.73. The van der Waals surface area contributed by atoms with Crippen LogP contribution in [0.2, 0.25) is 0 Å². The number of fused-ring (bicyclic) bond motifs is 1. The second-order valence-corrected chi connectivity index (χ2v) is 12.0. The molecule has 2 aromatic carbocycles. The zero-order chi connectivity index (χ0) is 26.9. The Balaban J connectivity index is 1.55. The average Bonchev–Trinajstić information content (AvgIpc) is 2.90. The van der Waals surface area contributed by atoms with Gasteiger partial charge in [-0.2, -0.15) is 0 Å². The van der Waals surface area contributed by atoms with Crippen LogP contribution in [0.5, 0.6) is 0 Å². The molecule has 0 N–H and O–H groups in total. The molecule has 5 rings (SSSR count). The first-order chi connectivity index (χ1) is 18.3. The van der Waals surface area contributed by atoms with Crippen LogP contribution in [-0.4, -0.2) is 0 Å². The third-order valence-electron chi connectivity index (χ3n) is 8.73. The van der Waals surface area contributed by atoms with Gasteiger partial charge in [-0.25, -0.2) is 0 Å². The summed E-state index contributed by atoms with van der Waals surface area (Å²) in [5.41, 5.74) is 13.6. The lowest BCUT2D eigenvalue weighted by Gasteiger charge is -2.36. The molecule has 0 spiro atoms. The predicted molar refractivity (Wildman–Crippen MR) is 166 cm³/mol. The molecule has 3 aliphatic rings. The van der Waals surface area contributed by atoms with Crippen molar-refractivity contribution in [3.8, 4) is 11.1 Å². The minimum Gasteiger partial charge on any atom is -0.0912 e. The summed E-state index contributed by atoms with van der Waals surface area (Å²) in [5, 5.41) is 0. The molecule has 0 radical (unpaired) electrons. The van der Waals surface area contributed by atoms with Crippen LogP contribution in [0.4, 0.5) is 0 Å². The van der Waals surface area contributed by atoms with Crippen molar-refractivity contribution in [1.82, 2.24) is 0 Å². The third kappa shape index (κ3) is 5.14. The lowest BCUT2D eigenvalue weighted by molar-refractivity contribution is 0.445. The second-order valence-electron chi connectivity index (χ2n) is 12.0. The van der Waals surface area contributed by atoms with Crippen molar-refractivity contribution in [2.75, 3.05) is 0 Å². The fourth-order valence-electron chi connectivity index (χ4n) is 6.36. The van der Waals surface area contributed by atoms with E-state index >= 15 is 0 Å². The molecule has 38 heavy (non-hydrogen) atoms. The Hall–Kier alpha value is -3.38. The number of rotatable bonds is 3. The Bertz CT molecular complexity index is 1430. The van der Waals surface area contributed by atoms with Crippen LogP contribution in [0.25, 0.3) is 16.7 Å². The molecule has 0 saturated heterocycles. The fraction of sp³-hybridized carbons (Fsp3) is 0.316. The fourth-order valence-corrected chi connectivity index (χ4v) is 6.36. The van der Waals surface area contributed by atoms with Crippen molar-refractivity contribution in [3.63, 3.8) is 0 Å². The molecule has 0 heterocycles. The van der Waals surface area contributed by atoms with Crippen LogP contribution in [0.15, 0.2) is 120 Å². The van der Waals surface area contributed by atoms with Crippen LogP contribution in [0.1, 0.15) is 76.0 Å². The van der Waals surface area contributed by atoms with Crippen LogP contribution in [0.3, 0.4) is 0 Å². The van der Waals surface area contributed by atoms with Crippen molar-refractivity contribution in [1.29, 1.82) is 0 Å². The zero-order valence-corrected chi connectivity index (χ0v) is 23.9. The molecule has 0 bridgehead atoms. The smallest absolute Gasteiger partial charge is 0.00878 e. The van der Waals surface area contributed by atoms with Crippen molar-refractivity contribution in [2.45, 2.75) is 66.2 Å². The number of hydrogen-bond donors (Lipinski definition) is 0. The molecule has 2 aromatic rings. The normalized spacial score (nSPS) is 24.8. The number of allylic oxidation sites excluding steroid dienone is 13. The maximum Gasteiger partial charge on any atom is 0.00878 e. The van der Waals surface area contributed by atoms with Crippen molar-refractivity contribution in [3.05, 3.63) is 137 Å². The molecule has 3 aliphatic carbocycles. The van der Waals surface area contributed by atoms with E-state index in [1.165, 1.54) is 50.1 Å². The average molecular weight is 499 g/mol. The lowest BCUT2D eigenvalue weighted by Crippen LogP contribution is -2.22. The summed E-state index contributed by atoms with van der Waals surface area (Å²) in [7, 11) is 0. The van der Waals surface area contributed by atoms with E-state index in [1.54, 1.807) is 0 Å². The Morgan fingerprint density at radius 1 is 0.868 bits per heavy atom. The van der Waals surface area contributed by atoms with Gasteiger partial charge in [0.05, 0.1) is 0 Å². The summed E-state index contributed by atoms with van der Waals surface area (Å²) < 4.78 is 0. The molecular formula is C38H42. The summed E-state index contributed by atoms with van der Waals surface area (Å²) in [6, 6.07) is 16.0. The lowest BCUT2D eigenvalue weighted by atomic mass is 9.68. The highest BCUT2D eigenvalue weighted by Crippen LogP contribution is 2.46. The van der Waals surface area contributed by atoms with Crippen LogP contribution >= 0.6 is 0 Å². The zero-order valence-electron chi connectivity index (χ0n) is 23.9. The standard InChI is InChI=1S/C38H42/c1-26-16-10-11-19-32(26)34-21-14-20-33(29(34)4)30-17-13-18-31(24-30)35-25-36-27(2)15-9-7-8-12-22-38(5,6)37(36)23-28(35)3/h8-9,11-15,17-21,23-25,28,35H,2,7,10,16,22H2,1,3-6H3/b12-8-,15-9-. The van der Waals surface area contributed by atoms with Crippen molar-refractivity contribution in [2.24, 2.45) is 11.3 Å². The molecule has 0 aromatic heterocycles. The van der Waals surface area contributed by atoms with E-state index < -0.39 is 0 Å². The maximum absolute atomic E-state index is 4.50. The van der Waals surface area contributed by atoms with Gasteiger partial charge in [-0.1, -0.05) is 124 Å². The first-order valence-electron chi connectivity index (χ1n) is 14.3. The van der Waals surface area contributed by atoms with Crippen molar-refractivity contribution < 1.29 is 0 Å². The molecule has 0 fully saturated rings. The van der Waals surface area contributed by atoms with Gasteiger partial charge in [-0.15, -0.1) is 0 Å².